The summed E-state index contributed by atoms with van der Waals surface area (Å²) in [7, 11) is 1.69. The lowest BCUT2D eigenvalue weighted by Crippen LogP contribution is -2.05. The number of carbonyl (C=O) groups is 1. The van der Waals surface area contributed by atoms with Gasteiger partial charge in [0, 0.05) is 12.4 Å². The highest BCUT2D eigenvalue weighted by Crippen LogP contribution is 2.35. The van der Waals surface area contributed by atoms with Crippen LogP contribution in [0.5, 0.6) is 11.6 Å². The summed E-state index contributed by atoms with van der Waals surface area (Å²) in [6, 6.07) is 11.7. The van der Waals surface area contributed by atoms with E-state index in [-0.39, 0.29) is 11.6 Å². The number of carbonyl (C=O) groups excluding carboxylic acids is 1. The van der Waals surface area contributed by atoms with Gasteiger partial charge in [-0.25, -0.2) is 0 Å². The van der Waals surface area contributed by atoms with Crippen molar-refractivity contribution in [3.63, 3.8) is 0 Å². The summed E-state index contributed by atoms with van der Waals surface area (Å²) in [4.78, 5) is 11.4. The smallest absolute Gasteiger partial charge is 0.416 e. The molecule has 1 heterocycles. The van der Waals surface area contributed by atoms with E-state index in [4.69, 9.17) is 4.74 Å². The van der Waals surface area contributed by atoms with Crippen molar-refractivity contribution < 1.29 is 22.7 Å². The number of ether oxygens (including phenoxy) is 1. The van der Waals surface area contributed by atoms with Crippen LogP contribution in [0.3, 0.4) is 0 Å². The normalized spacial score (nSPS) is 11.7. The third-order valence-corrected chi connectivity index (χ3v) is 3.58. The van der Waals surface area contributed by atoms with Crippen LogP contribution in [0.1, 0.15) is 15.9 Å². The number of rotatable bonds is 3. The first-order valence-corrected chi connectivity index (χ1v) is 6.79. The van der Waals surface area contributed by atoms with Gasteiger partial charge in [0.2, 0.25) is 5.88 Å². The van der Waals surface area contributed by atoms with E-state index in [0.29, 0.717) is 17.2 Å². The fourth-order valence-electron chi connectivity index (χ4n) is 2.48. The maximum Gasteiger partial charge on any atom is 0.416 e. The predicted molar refractivity (Wildman–Crippen MR) is 79.8 cm³/mol. The summed E-state index contributed by atoms with van der Waals surface area (Å²) in [6.07, 6.45) is -3.81. The second kappa shape index (κ2) is 5.46. The van der Waals surface area contributed by atoms with Crippen LogP contribution in [0, 0.1) is 0 Å². The molecule has 6 heteroatoms. The van der Waals surface area contributed by atoms with Crippen LogP contribution in [-0.2, 0) is 13.2 Å². The molecule has 3 aromatic rings. The number of hydrogen-bond acceptors (Lipinski definition) is 2. The first kappa shape index (κ1) is 15.1. The largest absolute Gasteiger partial charge is 0.440 e. The minimum Gasteiger partial charge on any atom is -0.440 e. The van der Waals surface area contributed by atoms with Gasteiger partial charge < -0.3 is 9.30 Å². The Morgan fingerprint density at radius 1 is 1.09 bits per heavy atom. The molecule has 0 bridgehead atoms. The van der Waals surface area contributed by atoms with Gasteiger partial charge in [0.25, 0.3) is 0 Å². The number of aryl methyl sites for hydroxylation is 1. The average Bonchev–Trinajstić information content (AvgIpc) is 2.79. The number of hydrogen-bond donors (Lipinski definition) is 0. The molecule has 0 N–H and O–H groups in total. The van der Waals surface area contributed by atoms with E-state index >= 15 is 0 Å². The number of aldehydes is 1. The van der Waals surface area contributed by atoms with Gasteiger partial charge in [-0.3, -0.25) is 4.79 Å². The van der Waals surface area contributed by atoms with Crippen LogP contribution < -0.4 is 4.74 Å². The minimum absolute atomic E-state index is 0.0221. The van der Waals surface area contributed by atoms with E-state index in [9.17, 15) is 18.0 Å². The van der Waals surface area contributed by atoms with Crippen LogP contribution in [0.25, 0.3) is 10.9 Å². The zero-order valence-electron chi connectivity index (χ0n) is 12.1. The number of fused-ring (bicyclic) bond motifs is 1. The van der Waals surface area contributed by atoms with Crippen LogP contribution in [0.4, 0.5) is 13.2 Å². The molecule has 1 aromatic heterocycles. The van der Waals surface area contributed by atoms with Gasteiger partial charge in [-0.15, -0.1) is 0 Å². The van der Waals surface area contributed by atoms with Gasteiger partial charge in [0.15, 0.2) is 6.29 Å². The first-order chi connectivity index (χ1) is 10.9. The fourth-order valence-corrected chi connectivity index (χ4v) is 2.48. The molecule has 3 rings (SSSR count). The molecule has 0 aliphatic carbocycles. The highest BCUT2D eigenvalue weighted by Gasteiger charge is 2.30. The van der Waals surface area contributed by atoms with E-state index in [1.165, 1.54) is 12.1 Å². The Hall–Kier alpha value is -2.76. The lowest BCUT2D eigenvalue weighted by atomic mass is 10.2. The Morgan fingerprint density at radius 3 is 2.52 bits per heavy atom. The van der Waals surface area contributed by atoms with Crippen molar-refractivity contribution in [2.45, 2.75) is 6.18 Å². The van der Waals surface area contributed by atoms with Gasteiger partial charge >= 0.3 is 6.18 Å². The van der Waals surface area contributed by atoms with E-state index in [1.807, 2.05) is 6.07 Å². The highest BCUT2D eigenvalue weighted by molar-refractivity contribution is 6.00. The van der Waals surface area contributed by atoms with E-state index in [1.54, 1.807) is 29.8 Å². The highest BCUT2D eigenvalue weighted by atomic mass is 19.4. The van der Waals surface area contributed by atoms with Gasteiger partial charge in [0.05, 0.1) is 16.6 Å². The summed E-state index contributed by atoms with van der Waals surface area (Å²) in [5.41, 5.74) is 0.263. The zero-order valence-corrected chi connectivity index (χ0v) is 12.1. The molecule has 0 saturated carbocycles. The molecule has 0 aliphatic rings. The summed E-state index contributed by atoms with van der Waals surface area (Å²) in [6.45, 7) is 0. The topological polar surface area (TPSA) is 31.2 Å². The van der Waals surface area contributed by atoms with Crippen LogP contribution in [0.15, 0.2) is 48.5 Å². The van der Waals surface area contributed by atoms with Crippen molar-refractivity contribution >= 4 is 17.2 Å². The average molecular weight is 319 g/mol. The summed E-state index contributed by atoms with van der Waals surface area (Å²) in [5.74, 6) is 0.231. The number of alkyl halides is 3. The van der Waals surface area contributed by atoms with E-state index in [2.05, 4.69) is 0 Å². The Balaban J connectivity index is 2.09. The lowest BCUT2D eigenvalue weighted by molar-refractivity contribution is -0.137. The van der Waals surface area contributed by atoms with Crippen LogP contribution >= 0.6 is 0 Å². The molecule has 0 unspecified atom stereocenters. The van der Waals surface area contributed by atoms with E-state index < -0.39 is 11.7 Å². The monoisotopic (exact) mass is 319 g/mol. The number of halogens is 3. The van der Waals surface area contributed by atoms with Gasteiger partial charge in [-0.05, 0) is 24.3 Å². The molecule has 0 aliphatic heterocycles. The van der Waals surface area contributed by atoms with Gasteiger partial charge in [-0.2, -0.15) is 13.2 Å². The molecular weight excluding hydrogens is 307 g/mol. The summed E-state index contributed by atoms with van der Waals surface area (Å²) in [5, 5.41) is 0.687. The third kappa shape index (κ3) is 2.67. The van der Waals surface area contributed by atoms with Crippen molar-refractivity contribution in [1.29, 1.82) is 0 Å². The van der Waals surface area contributed by atoms with Crippen molar-refractivity contribution in [2.24, 2.45) is 7.05 Å². The van der Waals surface area contributed by atoms with Gasteiger partial charge in [-0.1, -0.05) is 24.3 Å². The molecule has 3 nitrogen and oxygen atoms in total. The molecule has 0 atom stereocenters. The molecule has 0 radical (unpaired) electrons. The van der Waals surface area contributed by atoms with Crippen LogP contribution in [0.2, 0.25) is 0 Å². The second-order valence-electron chi connectivity index (χ2n) is 5.04. The fraction of sp³-hybridized carbons (Fsp3) is 0.118. The molecule has 23 heavy (non-hydrogen) atoms. The van der Waals surface area contributed by atoms with Gasteiger partial charge in [0.1, 0.15) is 5.75 Å². The molecule has 0 saturated heterocycles. The van der Waals surface area contributed by atoms with Crippen molar-refractivity contribution in [3.05, 3.63) is 59.7 Å². The SMILES string of the molecule is Cn1c(Oc2cccc(C(F)(F)F)c2)c(C=O)c2ccccc21. The molecule has 118 valence electrons. The van der Waals surface area contributed by atoms with Crippen LogP contribution in [-0.4, -0.2) is 10.9 Å². The van der Waals surface area contributed by atoms with E-state index in [0.717, 1.165) is 17.6 Å². The Labute approximate surface area is 129 Å². The number of nitrogens with zero attached hydrogens (tertiary/aromatic N) is 1. The maximum absolute atomic E-state index is 12.8. The van der Waals surface area contributed by atoms with Crippen molar-refractivity contribution in [1.82, 2.24) is 4.57 Å². The zero-order chi connectivity index (χ0) is 16.6. The lowest BCUT2D eigenvalue weighted by Gasteiger charge is -2.11. The number of benzene rings is 2. The predicted octanol–water partition coefficient (Wildman–Crippen LogP) is 4.80. The Kier molecular flexibility index (Phi) is 3.60. The maximum atomic E-state index is 12.8. The molecule has 0 fully saturated rings. The molecular formula is C17H12F3NO2. The summed E-state index contributed by atoms with van der Waals surface area (Å²) >= 11 is 0. The standard InChI is InChI=1S/C17H12F3NO2/c1-21-15-8-3-2-7-13(15)14(10-22)16(21)23-12-6-4-5-11(9-12)17(18,19)20/h2-10H,1H3. The number of aromatic nitrogens is 1. The molecule has 2 aromatic carbocycles. The minimum atomic E-state index is -4.45. The van der Waals surface area contributed by atoms with Crippen molar-refractivity contribution in [3.8, 4) is 11.6 Å². The molecule has 0 spiro atoms. The first-order valence-electron chi connectivity index (χ1n) is 6.79. The number of para-hydroxylation sites is 1. The summed E-state index contributed by atoms with van der Waals surface area (Å²) < 4.78 is 45.6. The Morgan fingerprint density at radius 2 is 1.83 bits per heavy atom. The second-order valence-corrected chi connectivity index (χ2v) is 5.04. The third-order valence-electron chi connectivity index (χ3n) is 3.58. The van der Waals surface area contributed by atoms with Crippen molar-refractivity contribution in [2.75, 3.05) is 0 Å². The Bertz CT molecular complexity index is 881. The molecule has 0 amide bonds. The quantitative estimate of drug-likeness (QED) is 0.649.